The average molecular weight is 343 g/mol. The second kappa shape index (κ2) is 6.51. The van der Waals surface area contributed by atoms with Crippen LogP contribution in [0, 0.1) is 0 Å². The topological polar surface area (TPSA) is 62.4 Å². The van der Waals surface area contributed by atoms with E-state index in [1.165, 1.54) is 5.69 Å². The number of urea groups is 1. The Labute approximate surface area is 147 Å². The number of likely N-dealkylation sites (N-methyl/N-ethyl adjacent to an activating group) is 1. The first-order chi connectivity index (χ1) is 12.1. The molecule has 8 nitrogen and oxygen atoms in total. The van der Waals surface area contributed by atoms with Crippen molar-refractivity contribution in [1.29, 1.82) is 0 Å². The number of nitrogens with zero attached hydrogens (tertiary/aromatic N) is 7. The summed E-state index contributed by atoms with van der Waals surface area (Å²) in [5, 5.41) is 8.75. The summed E-state index contributed by atoms with van der Waals surface area (Å²) >= 11 is 0. The maximum Gasteiger partial charge on any atom is 0.324 e. The standard InChI is InChI=1S/C17H25N7O/c1-20-9-10-23(17(20)25)16-11-19-24(13-16)15-5-8-22(12-15)7-4-14-3-6-18-21(14)2/h3,6,11,13,15H,4-5,7-10,12H2,1-2H3. The molecule has 2 saturated heterocycles. The van der Waals surface area contributed by atoms with Crippen LogP contribution >= 0.6 is 0 Å². The quantitative estimate of drug-likeness (QED) is 0.812. The molecule has 0 radical (unpaired) electrons. The Kier molecular flexibility index (Phi) is 4.20. The van der Waals surface area contributed by atoms with Gasteiger partial charge < -0.3 is 9.80 Å². The van der Waals surface area contributed by atoms with Crippen molar-refractivity contribution >= 4 is 11.7 Å². The molecule has 2 amide bonds. The molecular formula is C17H25N7O. The number of anilines is 1. The highest BCUT2D eigenvalue weighted by molar-refractivity contribution is 5.93. The van der Waals surface area contributed by atoms with Crippen LogP contribution in [0.2, 0.25) is 0 Å². The molecule has 2 fully saturated rings. The Morgan fingerprint density at radius 2 is 2.08 bits per heavy atom. The summed E-state index contributed by atoms with van der Waals surface area (Å²) in [6, 6.07) is 2.52. The predicted molar refractivity (Wildman–Crippen MR) is 94.6 cm³/mol. The summed E-state index contributed by atoms with van der Waals surface area (Å²) in [6.07, 6.45) is 7.80. The Morgan fingerprint density at radius 1 is 1.20 bits per heavy atom. The van der Waals surface area contributed by atoms with E-state index in [4.69, 9.17) is 0 Å². The van der Waals surface area contributed by atoms with Crippen molar-refractivity contribution in [3.8, 4) is 0 Å². The number of hydrogen-bond acceptors (Lipinski definition) is 4. The van der Waals surface area contributed by atoms with Gasteiger partial charge in [-0.2, -0.15) is 10.2 Å². The van der Waals surface area contributed by atoms with Gasteiger partial charge in [-0.1, -0.05) is 0 Å². The molecule has 1 atom stereocenters. The molecule has 4 heterocycles. The van der Waals surface area contributed by atoms with Gasteiger partial charge in [0.1, 0.15) is 0 Å². The smallest absolute Gasteiger partial charge is 0.324 e. The zero-order valence-electron chi connectivity index (χ0n) is 14.9. The number of amides is 2. The van der Waals surface area contributed by atoms with Gasteiger partial charge in [0.2, 0.25) is 0 Å². The molecule has 2 aromatic rings. The lowest BCUT2D eigenvalue weighted by Gasteiger charge is -2.16. The minimum Gasteiger partial charge on any atom is -0.326 e. The van der Waals surface area contributed by atoms with Gasteiger partial charge in [0.15, 0.2) is 0 Å². The van der Waals surface area contributed by atoms with E-state index in [-0.39, 0.29) is 6.03 Å². The van der Waals surface area contributed by atoms with Crippen LogP contribution in [0.3, 0.4) is 0 Å². The molecule has 4 rings (SSSR count). The molecule has 0 spiro atoms. The third-order valence-corrected chi connectivity index (χ3v) is 5.34. The number of carbonyl (C=O) groups is 1. The van der Waals surface area contributed by atoms with E-state index in [9.17, 15) is 4.79 Å². The van der Waals surface area contributed by atoms with Gasteiger partial charge in [-0.05, 0) is 12.5 Å². The van der Waals surface area contributed by atoms with Crippen LogP contribution in [0.4, 0.5) is 10.5 Å². The van der Waals surface area contributed by atoms with E-state index in [0.717, 1.165) is 51.3 Å². The van der Waals surface area contributed by atoms with Crippen LogP contribution in [-0.4, -0.2) is 75.2 Å². The third-order valence-electron chi connectivity index (χ3n) is 5.34. The number of likely N-dealkylation sites (tertiary alicyclic amines) is 1. The molecule has 0 N–H and O–H groups in total. The maximum absolute atomic E-state index is 12.1. The molecule has 8 heteroatoms. The second-order valence-corrected chi connectivity index (χ2v) is 6.97. The number of carbonyl (C=O) groups excluding carboxylic acids is 1. The molecule has 25 heavy (non-hydrogen) atoms. The molecule has 2 aromatic heterocycles. The fourth-order valence-electron chi connectivity index (χ4n) is 3.70. The Bertz CT molecular complexity index is 752. The van der Waals surface area contributed by atoms with Crippen LogP contribution in [0.5, 0.6) is 0 Å². The van der Waals surface area contributed by atoms with Crippen molar-refractivity contribution in [2.75, 3.05) is 44.7 Å². The highest BCUT2D eigenvalue weighted by Crippen LogP contribution is 2.25. The van der Waals surface area contributed by atoms with Gasteiger partial charge in [-0.25, -0.2) is 4.79 Å². The second-order valence-electron chi connectivity index (χ2n) is 6.97. The lowest BCUT2D eigenvalue weighted by molar-refractivity contribution is 0.229. The minimum atomic E-state index is 0.0591. The van der Waals surface area contributed by atoms with E-state index in [1.54, 1.807) is 9.80 Å². The fourth-order valence-corrected chi connectivity index (χ4v) is 3.70. The van der Waals surface area contributed by atoms with E-state index in [0.29, 0.717) is 6.04 Å². The number of rotatable bonds is 5. The lowest BCUT2D eigenvalue weighted by Crippen LogP contribution is -2.28. The monoisotopic (exact) mass is 343 g/mol. The Balaban J connectivity index is 1.34. The maximum atomic E-state index is 12.1. The van der Waals surface area contributed by atoms with Gasteiger partial charge in [0.25, 0.3) is 0 Å². The zero-order valence-corrected chi connectivity index (χ0v) is 14.9. The van der Waals surface area contributed by atoms with Crippen molar-refractivity contribution in [1.82, 2.24) is 29.4 Å². The molecule has 0 aromatic carbocycles. The number of hydrogen-bond donors (Lipinski definition) is 0. The van der Waals surface area contributed by atoms with Gasteiger partial charge >= 0.3 is 6.03 Å². The van der Waals surface area contributed by atoms with Crippen LogP contribution in [0.25, 0.3) is 0 Å². The van der Waals surface area contributed by atoms with E-state index in [2.05, 4.69) is 21.2 Å². The first-order valence-corrected chi connectivity index (χ1v) is 8.88. The molecule has 0 aliphatic carbocycles. The fraction of sp³-hybridized carbons (Fsp3) is 0.588. The first kappa shape index (κ1) is 16.1. The summed E-state index contributed by atoms with van der Waals surface area (Å²) in [4.78, 5) is 18.1. The van der Waals surface area contributed by atoms with Gasteiger partial charge in [0, 0.05) is 71.3 Å². The normalized spacial score (nSPS) is 21.7. The van der Waals surface area contributed by atoms with E-state index in [1.807, 2.05) is 42.0 Å². The highest BCUT2D eigenvalue weighted by atomic mass is 16.2. The van der Waals surface area contributed by atoms with Crippen molar-refractivity contribution in [3.63, 3.8) is 0 Å². The highest BCUT2D eigenvalue weighted by Gasteiger charge is 2.29. The first-order valence-electron chi connectivity index (χ1n) is 8.88. The van der Waals surface area contributed by atoms with Crippen molar-refractivity contribution < 1.29 is 4.79 Å². The summed E-state index contributed by atoms with van der Waals surface area (Å²) in [7, 11) is 3.83. The van der Waals surface area contributed by atoms with E-state index < -0.39 is 0 Å². The van der Waals surface area contributed by atoms with Crippen molar-refractivity contribution in [2.45, 2.75) is 18.9 Å². The Morgan fingerprint density at radius 3 is 2.80 bits per heavy atom. The van der Waals surface area contributed by atoms with Crippen LogP contribution < -0.4 is 4.90 Å². The Hall–Kier alpha value is -2.35. The van der Waals surface area contributed by atoms with Gasteiger partial charge in [-0.3, -0.25) is 14.3 Å². The molecule has 0 bridgehead atoms. The molecule has 134 valence electrons. The van der Waals surface area contributed by atoms with Crippen LogP contribution in [0.15, 0.2) is 24.7 Å². The summed E-state index contributed by atoms with van der Waals surface area (Å²) in [6.45, 7) is 4.65. The van der Waals surface area contributed by atoms with Gasteiger partial charge in [-0.15, -0.1) is 0 Å². The molecular weight excluding hydrogens is 318 g/mol. The number of aromatic nitrogens is 4. The summed E-state index contributed by atoms with van der Waals surface area (Å²) < 4.78 is 3.97. The van der Waals surface area contributed by atoms with Crippen molar-refractivity contribution in [3.05, 3.63) is 30.4 Å². The molecule has 0 saturated carbocycles. The average Bonchev–Trinajstić information content (AvgIpc) is 3.35. The lowest BCUT2D eigenvalue weighted by atomic mass is 10.3. The summed E-state index contributed by atoms with van der Waals surface area (Å²) in [5.74, 6) is 0. The van der Waals surface area contributed by atoms with E-state index >= 15 is 0 Å². The molecule has 2 aliphatic rings. The molecule has 2 aliphatic heterocycles. The van der Waals surface area contributed by atoms with Crippen molar-refractivity contribution in [2.24, 2.45) is 7.05 Å². The number of aryl methyl sites for hydroxylation is 1. The summed E-state index contributed by atoms with van der Waals surface area (Å²) in [5.41, 5.74) is 2.17. The largest absolute Gasteiger partial charge is 0.326 e. The predicted octanol–water partition coefficient (Wildman–Crippen LogP) is 0.978. The van der Waals surface area contributed by atoms with Gasteiger partial charge in [0.05, 0.1) is 17.9 Å². The zero-order chi connectivity index (χ0) is 17.4. The van der Waals surface area contributed by atoms with Crippen LogP contribution in [-0.2, 0) is 13.5 Å². The molecule has 1 unspecified atom stereocenters. The van der Waals surface area contributed by atoms with Crippen LogP contribution in [0.1, 0.15) is 18.2 Å². The third kappa shape index (κ3) is 3.13. The SMILES string of the molecule is CN1CCN(c2cnn(C3CCN(CCc4ccnn4C)C3)c2)C1=O. The minimum absolute atomic E-state index is 0.0591.